The lowest BCUT2D eigenvalue weighted by Gasteiger charge is -2.29. The van der Waals surface area contributed by atoms with E-state index >= 15 is 0 Å². The molecule has 4 nitrogen and oxygen atoms in total. The van der Waals surface area contributed by atoms with E-state index in [4.69, 9.17) is 4.74 Å². The number of esters is 1. The highest BCUT2D eigenvalue weighted by Gasteiger charge is 2.36. The SMILES string of the molecule is CCOC(=O)C[C@](C)(O)C1CCCN1. The van der Waals surface area contributed by atoms with E-state index in [0.29, 0.717) is 6.61 Å². The summed E-state index contributed by atoms with van der Waals surface area (Å²) in [5.74, 6) is -0.328. The number of aliphatic hydroxyl groups is 1. The molecule has 0 aromatic carbocycles. The zero-order chi connectivity index (χ0) is 10.6. The van der Waals surface area contributed by atoms with Crippen LogP contribution in [0.3, 0.4) is 0 Å². The standard InChI is InChI=1S/C10H19NO3/c1-3-14-9(12)7-10(2,13)8-5-4-6-11-8/h8,11,13H,3-7H2,1-2H3/t8?,10-/m0/s1. The van der Waals surface area contributed by atoms with Crippen LogP contribution in [0.15, 0.2) is 0 Å². The Morgan fingerprint density at radius 2 is 2.43 bits per heavy atom. The predicted octanol–water partition coefficient (Wildman–Crippen LogP) is 0.443. The Morgan fingerprint density at radius 3 is 2.93 bits per heavy atom. The minimum Gasteiger partial charge on any atom is -0.466 e. The maximum Gasteiger partial charge on any atom is 0.308 e. The van der Waals surface area contributed by atoms with Crippen molar-refractivity contribution >= 4 is 5.97 Å². The number of carbonyl (C=O) groups is 1. The fourth-order valence-corrected chi connectivity index (χ4v) is 1.84. The Bertz CT molecular complexity index is 198. The van der Waals surface area contributed by atoms with Crippen LogP contribution >= 0.6 is 0 Å². The van der Waals surface area contributed by atoms with Gasteiger partial charge in [0.05, 0.1) is 18.6 Å². The van der Waals surface area contributed by atoms with Crippen molar-refractivity contribution < 1.29 is 14.6 Å². The van der Waals surface area contributed by atoms with Crippen LogP contribution in [-0.4, -0.2) is 35.9 Å². The molecule has 0 aromatic heterocycles. The van der Waals surface area contributed by atoms with Crippen LogP contribution in [0.25, 0.3) is 0 Å². The lowest BCUT2D eigenvalue weighted by molar-refractivity contribution is -0.149. The number of rotatable bonds is 4. The summed E-state index contributed by atoms with van der Waals surface area (Å²) in [5, 5.41) is 13.2. The molecule has 1 saturated heterocycles. The lowest BCUT2D eigenvalue weighted by Crippen LogP contribution is -2.46. The van der Waals surface area contributed by atoms with Crippen molar-refractivity contribution in [1.82, 2.24) is 5.32 Å². The molecule has 0 amide bonds. The molecule has 0 aromatic rings. The second kappa shape index (κ2) is 4.75. The number of carbonyl (C=O) groups excluding carboxylic acids is 1. The molecule has 1 aliphatic heterocycles. The fourth-order valence-electron chi connectivity index (χ4n) is 1.84. The van der Waals surface area contributed by atoms with E-state index in [2.05, 4.69) is 5.32 Å². The monoisotopic (exact) mass is 201 g/mol. The van der Waals surface area contributed by atoms with Crippen molar-refractivity contribution in [3.8, 4) is 0 Å². The van der Waals surface area contributed by atoms with Crippen molar-refractivity contribution in [3.63, 3.8) is 0 Å². The normalized spacial score (nSPS) is 25.8. The highest BCUT2D eigenvalue weighted by atomic mass is 16.5. The van der Waals surface area contributed by atoms with E-state index < -0.39 is 5.60 Å². The average Bonchev–Trinajstić information content (AvgIpc) is 2.54. The van der Waals surface area contributed by atoms with E-state index in [-0.39, 0.29) is 18.4 Å². The van der Waals surface area contributed by atoms with Crippen LogP contribution in [0.5, 0.6) is 0 Å². The van der Waals surface area contributed by atoms with E-state index in [9.17, 15) is 9.90 Å². The van der Waals surface area contributed by atoms with Gasteiger partial charge in [0.2, 0.25) is 0 Å². The molecular weight excluding hydrogens is 182 g/mol. The van der Waals surface area contributed by atoms with Gasteiger partial charge < -0.3 is 15.2 Å². The molecule has 1 fully saturated rings. The summed E-state index contributed by atoms with van der Waals surface area (Å²) in [4.78, 5) is 11.2. The Kier molecular flexibility index (Phi) is 3.89. The van der Waals surface area contributed by atoms with Gasteiger partial charge in [-0.25, -0.2) is 0 Å². The van der Waals surface area contributed by atoms with E-state index in [1.165, 1.54) is 0 Å². The van der Waals surface area contributed by atoms with Gasteiger partial charge in [-0.1, -0.05) is 0 Å². The summed E-state index contributed by atoms with van der Waals surface area (Å²) in [7, 11) is 0. The van der Waals surface area contributed by atoms with Crippen LogP contribution in [-0.2, 0) is 9.53 Å². The Balaban J connectivity index is 2.43. The summed E-state index contributed by atoms with van der Waals surface area (Å²) in [5.41, 5.74) is -0.983. The third kappa shape index (κ3) is 2.96. The molecule has 82 valence electrons. The first-order valence-electron chi connectivity index (χ1n) is 5.17. The van der Waals surface area contributed by atoms with Gasteiger partial charge in [0.15, 0.2) is 0 Å². The van der Waals surface area contributed by atoms with Crippen LogP contribution in [0.4, 0.5) is 0 Å². The summed E-state index contributed by atoms with van der Waals surface area (Å²) in [6.45, 7) is 4.74. The predicted molar refractivity (Wildman–Crippen MR) is 52.9 cm³/mol. The van der Waals surface area contributed by atoms with E-state index in [1.54, 1.807) is 13.8 Å². The van der Waals surface area contributed by atoms with Crippen LogP contribution in [0, 0.1) is 0 Å². The van der Waals surface area contributed by atoms with Gasteiger partial charge in [0.1, 0.15) is 0 Å². The lowest BCUT2D eigenvalue weighted by atomic mass is 9.92. The van der Waals surface area contributed by atoms with Crippen molar-refractivity contribution in [2.45, 2.75) is 44.8 Å². The Labute approximate surface area is 84.6 Å². The molecule has 0 spiro atoms. The van der Waals surface area contributed by atoms with E-state index in [0.717, 1.165) is 19.4 Å². The zero-order valence-corrected chi connectivity index (χ0v) is 8.88. The summed E-state index contributed by atoms with van der Waals surface area (Å²) in [6.07, 6.45) is 2.05. The third-order valence-corrected chi connectivity index (χ3v) is 2.62. The molecule has 0 saturated carbocycles. The van der Waals surface area contributed by atoms with Crippen LogP contribution < -0.4 is 5.32 Å². The summed E-state index contributed by atoms with van der Waals surface area (Å²) < 4.78 is 4.81. The molecular formula is C10H19NO3. The number of hydrogen-bond acceptors (Lipinski definition) is 4. The minimum absolute atomic E-state index is 0.0203. The van der Waals surface area contributed by atoms with Gasteiger partial charge in [-0.2, -0.15) is 0 Å². The van der Waals surface area contributed by atoms with Gasteiger partial charge >= 0.3 is 5.97 Å². The van der Waals surface area contributed by atoms with Crippen molar-refractivity contribution in [1.29, 1.82) is 0 Å². The molecule has 0 bridgehead atoms. The van der Waals surface area contributed by atoms with E-state index in [1.807, 2.05) is 0 Å². The second-order valence-corrected chi connectivity index (χ2v) is 3.99. The van der Waals surface area contributed by atoms with Gasteiger partial charge in [-0.15, -0.1) is 0 Å². The van der Waals surface area contributed by atoms with Gasteiger partial charge in [-0.05, 0) is 33.2 Å². The highest BCUT2D eigenvalue weighted by Crippen LogP contribution is 2.22. The first-order valence-corrected chi connectivity index (χ1v) is 5.17. The van der Waals surface area contributed by atoms with Gasteiger partial charge in [0.25, 0.3) is 0 Å². The maximum absolute atomic E-state index is 11.2. The smallest absolute Gasteiger partial charge is 0.308 e. The number of nitrogens with one attached hydrogen (secondary N) is 1. The molecule has 1 heterocycles. The minimum atomic E-state index is -0.983. The van der Waals surface area contributed by atoms with Crippen LogP contribution in [0.2, 0.25) is 0 Å². The van der Waals surface area contributed by atoms with Crippen molar-refractivity contribution in [3.05, 3.63) is 0 Å². The molecule has 4 heteroatoms. The van der Waals surface area contributed by atoms with Crippen molar-refractivity contribution in [2.24, 2.45) is 0 Å². The third-order valence-electron chi connectivity index (χ3n) is 2.62. The molecule has 14 heavy (non-hydrogen) atoms. The first-order chi connectivity index (χ1) is 6.56. The molecule has 1 unspecified atom stereocenters. The van der Waals surface area contributed by atoms with Crippen LogP contribution in [0.1, 0.15) is 33.1 Å². The summed E-state index contributed by atoms with van der Waals surface area (Å²) >= 11 is 0. The Hall–Kier alpha value is -0.610. The highest BCUT2D eigenvalue weighted by molar-refractivity contribution is 5.70. The Morgan fingerprint density at radius 1 is 1.71 bits per heavy atom. The average molecular weight is 201 g/mol. The molecule has 1 rings (SSSR count). The molecule has 0 aliphatic carbocycles. The molecule has 1 aliphatic rings. The summed E-state index contributed by atoms with van der Waals surface area (Å²) in [6, 6.07) is 0.0203. The molecule has 2 N–H and O–H groups in total. The largest absolute Gasteiger partial charge is 0.466 e. The van der Waals surface area contributed by atoms with Crippen molar-refractivity contribution in [2.75, 3.05) is 13.2 Å². The molecule has 0 radical (unpaired) electrons. The van der Waals surface area contributed by atoms with Gasteiger partial charge in [-0.3, -0.25) is 4.79 Å². The van der Waals surface area contributed by atoms with Gasteiger partial charge in [0, 0.05) is 6.04 Å². The maximum atomic E-state index is 11.2. The zero-order valence-electron chi connectivity index (χ0n) is 8.88. The number of hydrogen-bond donors (Lipinski definition) is 2. The first kappa shape index (κ1) is 11.5. The second-order valence-electron chi connectivity index (χ2n) is 3.99. The number of ether oxygens (including phenoxy) is 1. The fraction of sp³-hybridized carbons (Fsp3) is 0.900. The topological polar surface area (TPSA) is 58.6 Å². The molecule has 2 atom stereocenters. The quantitative estimate of drug-likeness (QED) is 0.648.